The van der Waals surface area contributed by atoms with Crippen molar-refractivity contribution in [1.29, 1.82) is 0 Å². The lowest BCUT2D eigenvalue weighted by molar-refractivity contribution is -0.116. The second-order valence-corrected chi connectivity index (χ2v) is 4.67. The van der Waals surface area contributed by atoms with E-state index in [1.165, 1.54) is 12.1 Å². The average Bonchev–Trinajstić information content (AvgIpc) is 2.48. The predicted octanol–water partition coefficient (Wildman–Crippen LogP) is 3.33. The third-order valence-electron chi connectivity index (χ3n) is 2.81. The van der Waals surface area contributed by atoms with Crippen LogP contribution in [0.15, 0.2) is 42.6 Å². The van der Waals surface area contributed by atoms with E-state index in [4.69, 9.17) is 4.74 Å². The average molecular weight is 288 g/mol. The summed E-state index contributed by atoms with van der Waals surface area (Å²) in [6.07, 6.45) is 2.62. The standard InChI is InChI=1S/C16H17FN2O2/c1-12-4-9-15(18-11-12)19-16(20)3-2-10-21-14-7-5-13(17)6-8-14/h4-9,11H,2-3,10H2,1H3,(H,18,19,20). The molecular formula is C16H17FN2O2. The summed E-state index contributed by atoms with van der Waals surface area (Å²) in [5.41, 5.74) is 1.04. The fourth-order valence-corrected chi connectivity index (χ4v) is 1.70. The highest BCUT2D eigenvalue weighted by atomic mass is 19.1. The van der Waals surface area contributed by atoms with Gasteiger partial charge in [-0.05, 0) is 49.2 Å². The minimum absolute atomic E-state index is 0.103. The van der Waals surface area contributed by atoms with Gasteiger partial charge >= 0.3 is 0 Å². The minimum atomic E-state index is -0.299. The van der Waals surface area contributed by atoms with E-state index in [9.17, 15) is 9.18 Å². The Hall–Kier alpha value is -2.43. The second kappa shape index (κ2) is 7.38. The number of hydrogen-bond acceptors (Lipinski definition) is 3. The zero-order chi connectivity index (χ0) is 15.1. The summed E-state index contributed by atoms with van der Waals surface area (Å²) < 4.78 is 18.1. The molecule has 0 spiro atoms. The number of ether oxygens (including phenoxy) is 1. The fraction of sp³-hybridized carbons (Fsp3) is 0.250. The molecule has 0 unspecified atom stereocenters. The topological polar surface area (TPSA) is 51.2 Å². The summed E-state index contributed by atoms with van der Waals surface area (Å²) >= 11 is 0. The molecule has 21 heavy (non-hydrogen) atoms. The van der Waals surface area contributed by atoms with E-state index in [1.54, 1.807) is 24.4 Å². The number of aromatic nitrogens is 1. The van der Waals surface area contributed by atoms with Crippen molar-refractivity contribution >= 4 is 11.7 Å². The van der Waals surface area contributed by atoms with E-state index < -0.39 is 0 Å². The quantitative estimate of drug-likeness (QED) is 0.829. The molecule has 0 bridgehead atoms. The van der Waals surface area contributed by atoms with Gasteiger partial charge in [0.15, 0.2) is 0 Å². The van der Waals surface area contributed by atoms with Crippen molar-refractivity contribution in [3.63, 3.8) is 0 Å². The van der Waals surface area contributed by atoms with Crippen LogP contribution in [0.3, 0.4) is 0 Å². The van der Waals surface area contributed by atoms with Crippen LogP contribution < -0.4 is 10.1 Å². The van der Waals surface area contributed by atoms with Crippen molar-refractivity contribution in [3.05, 3.63) is 54.0 Å². The SMILES string of the molecule is Cc1ccc(NC(=O)CCCOc2ccc(F)cc2)nc1. The van der Waals surface area contributed by atoms with Crippen molar-refractivity contribution in [3.8, 4) is 5.75 Å². The lowest BCUT2D eigenvalue weighted by Gasteiger charge is -2.07. The van der Waals surface area contributed by atoms with Crippen LogP contribution in [0.5, 0.6) is 5.75 Å². The van der Waals surface area contributed by atoms with Gasteiger partial charge in [-0.3, -0.25) is 4.79 Å². The maximum atomic E-state index is 12.7. The smallest absolute Gasteiger partial charge is 0.225 e. The number of pyridine rings is 1. The van der Waals surface area contributed by atoms with Crippen LogP contribution in [0.1, 0.15) is 18.4 Å². The van der Waals surface area contributed by atoms with Crippen LogP contribution in [-0.2, 0) is 4.79 Å². The Bertz CT molecular complexity index is 582. The molecule has 5 heteroatoms. The summed E-state index contributed by atoms with van der Waals surface area (Å²) in [5, 5.41) is 2.72. The molecule has 0 atom stereocenters. The molecule has 0 saturated carbocycles. The minimum Gasteiger partial charge on any atom is -0.494 e. The summed E-state index contributed by atoms with van der Waals surface area (Å²) in [5.74, 6) is 0.739. The number of carbonyl (C=O) groups is 1. The number of amides is 1. The Morgan fingerprint density at radius 1 is 1.24 bits per heavy atom. The Balaban J connectivity index is 1.67. The first kappa shape index (κ1) is 15.0. The highest BCUT2D eigenvalue weighted by Gasteiger charge is 2.03. The van der Waals surface area contributed by atoms with Crippen LogP contribution in [0.25, 0.3) is 0 Å². The maximum absolute atomic E-state index is 12.7. The van der Waals surface area contributed by atoms with E-state index in [1.807, 2.05) is 13.0 Å². The molecule has 2 aromatic rings. The Morgan fingerprint density at radius 2 is 2.00 bits per heavy atom. The third kappa shape index (κ3) is 5.22. The van der Waals surface area contributed by atoms with Gasteiger partial charge in [0.25, 0.3) is 0 Å². The van der Waals surface area contributed by atoms with Crippen molar-refractivity contribution < 1.29 is 13.9 Å². The van der Waals surface area contributed by atoms with Crippen LogP contribution in [-0.4, -0.2) is 17.5 Å². The number of halogens is 1. The van der Waals surface area contributed by atoms with E-state index >= 15 is 0 Å². The van der Waals surface area contributed by atoms with E-state index in [0.29, 0.717) is 31.0 Å². The number of nitrogens with zero attached hydrogens (tertiary/aromatic N) is 1. The molecule has 0 aliphatic heterocycles. The summed E-state index contributed by atoms with van der Waals surface area (Å²) in [7, 11) is 0. The monoisotopic (exact) mass is 288 g/mol. The molecule has 2 rings (SSSR count). The Morgan fingerprint density at radius 3 is 2.67 bits per heavy atom. The van der Waals surface area contributed by atoms with Gasteiger partial charge in [-0.1, -0.05) is 6.07 Å². The van der Waals surface area contributed by atoms with Gasteiger partial charge in [0.05, 0.1) is 6.61 Å². The van der Waals surface area contributed by atoms with E-state index in [-0.39, 0.29) is 11.7 Å². The molecule has 0 fully saturated rings. The lowest BCUT2D eigenvalue weighted by Crippen LogP contribution is -2.13. The molecule has 1 amide bonds. The lowest BCUT2D eigenvalue weighted by atomic mass is 10.3. The van der Waals surface area contributed by atoms with Gasteiger partial charge in [0.2, 0.25) is 5.91 Å². The Kier molecular flexibility index (Phi) is 5.26. The normalized spacial score (nSPS) is 10.2. The molecule has 0 aliphatic carbocycles. The van der Waals surface area contributed by atoms with Gasteiger partial charge < -0.3 is 10.1 Å². The second-order valence-electron chi connectivity index (χ2n) is 4.67. The van der Waals surface area contributed by atoms with Gasteiger partial charge in [-0.15, -0.1) is 0 Å². The van der Waals surface area contributed by atoms with Gasteiger partial charge in [-0.2, -0.15) is 0 Å². The van der Waals surface area contributed by atoms with Crippen LogP contribution in [0.2, 0.25) is 0 Å². The molecule has 4 nitrogen and oxygen atoms in total. The fourth-order valence-electron chi connectivity index (χ4n) is 1.70. The predicted molar refractivity (Wildman–Crippen MR) is 78.7 cm³/mol. The molecule has 1 aromatic carbocycles. The zero-order valence-corrected chi connectivity index (χ0v) is 11.8. The number of hydrogen-bond donors (Lipinski definition) is 1. The highest BCUT2D eigenvalue weighted by Crippen LogP contribution is 2.11. The van der Waals surface area contributed by atoms with Crippen LogP contribution in [0.4, 0.5) is 10.2 Å². The van der Waals surface area contributed by atoms with Crippen LogP contribution >= 0.6 is 0 Å². The Labute approximate surface area is 123 Å². The van der Waals surface area contributed by atoms with E-state index in [2.05, 4.69) is 10.3 Å². The molecule has 0 radical (unpaired) electrons. The van der Waals surface area contributed by atoms with Crippen molar-refractivity contribution in [2.45, 2.75) is 19.8 Å². The van der Waals surface area contributed by atoms with Gasteiger partial charge in [0, 0.05) is 12.6 Å². The van der Waals surface area contributed by atoms with Crippen molar-refractivity contribution in [2.24, 2.45) is 0 Å². The summed E-state index contributed by atoms with van der Waals surface area (Å²) in [6.45, 7) is 2.34. The molecule has 1 N–H and O–H groups in total. The molecular weight excluding hydrogens is 271 g/mol. The largest absolute Gasteiger partial charge is 0.494 e. The zero-order valence-electron chi connectivity index (χ0n) is 11.8. The molecule has 1 aromatic heterocycles. The molecule has 0 saturated heterocycles. The highest BCUT2D eigenvalue weighted by molar-refractivity contribution is 5.89. The first-order chi connectivity index (χ1) is 10.1. The first-order valence-electron chi connectivity index (χ1n) is 6.74. The number of rotatable bonds is 6. The molecule has 110 valence electrons. The first-order valence-corrected chi connectivity index (χ1v) is 6.74. The third-order valence-corrected chi connectivity index (χ3v) is 2.81. The number of anilines is 1. The van der Waals surface area contributed by atoms with Crippen molar-refractivity contribution in [1.82, 2.24) is 4.98 Å². The van der Waals surface area contributed by atoms with Gasteiger partial charge in [0.1, 0.15) is 17.4 Å². The number of nitrogens with one attached hydrogen (secondary N) is 1. The summed E-state index contributed by atoms with van der Waals surface area (Å²) in [4.78, 5) is 15.8. The number of benzene rings is 1. The van der Waals surface area contributed by atoms with Crippen molar-refractivity contribution in [2.75, 3.05) is 11.9 Å². The molecule has 0 aliphatic rings. The van der Waals surface area contributed by atoms with Crippen LogP contribution in [0, 0.1) is 12.7 Å². The number of carbonyl (C=O) groups excluding carboxylic acids is 1. The molecule has 1 heterocycles. The van der Waals surface area contributed by atoms with Gasteiger partial charge in [-0.25, -0.2) is 9.37 Å². The maximum Gasteiger partial charge on any atom is 0.225 e. The van der Waals surface area contributed by atoms with E-state index in [0.717, 1.165) is 5.56 Å². The summed E-state index contributed by atoms with van der Waals surface area (Å²) in [6, 6.07) is 9.45. The number of aryl methyl sites for hydroxylation is 1.